The average molecular weight is 369 g/mol. The minimum absolute atomic E-state index is 0.0574. The maximum atomic E-state index is 11.9. The van der Waals surface area contributed by atoms with E-state index >= 15 is 0 Å². The Kier molecular flexibility index (Phi) is 10.5. The zero-order valence-electron chi connectivity index (χ0n) is 16.3. The highest BCUT2D eigenvalue weighted by Gasteiger charge is 2.21. The number of carbonyl (C=O) groups excluding carboxylic acids is 1. The van der Waals surface area contributed by atoms with Crippen LogP contribution in [0.3, 0.4) is 0 Å². The van der Waals surface area contributed by atoms with Crippen molar-refractivity contribution in [3.63, 3.8) is 0 Å². The molecule has 1 fully saturated rings. The van der Waals surface area contributed by atoms with Crippen LogP contribution in [0.5, 0.6) is 0 Å². The van der Waals surface area contributed by atoms with Gasteiger partial charge in [-0.1, -0.05) is 12.8 Å². The predicted molar refractivity (Wildman–Crippen MR) is 106 cm³/mol. The minimum atomic E-state index is -0.498. The van der Waals surface area contributed by atoms with Crippen LogP contribution in [0.1, 0.15) is 38.5 Å². The molecule has 9 nitrogen and oxygen atoms in total. The second kappa shape index (κ2) is 12.3. The Morgan fingerprint density at radius 2 is 1.88 bits per heavy atom. The van der Waals surface area contributed by atoms with Gasteiger partial charge >= 0.3 is 0 Å². The molecule has 0 aromatic heterocycles. The van der Waals surface area contributed by atoms with Gasteiger partial charge in [0.05, 0.1) is 6.04 Å². The van der Waals surface area contributed by atoms with Crippen molar-refractivity contribution < 1.29 is 4.79 Å². The van der Waals surface area contributed by atoms with Crippen molar-refractivity contribution in [3.05, 3.63) is 0 Å². The fourth-order valence-electron chi connectivity index (χ4n) is 3.04. The topological polar surface area (TPSA) is 136 Å². The van der Waals surface area contributed by atoms with Crippen molar-refractivity contribution in [2.24, 2.45) is 16.5 Å². The van der Waals surface area contributed by atoms with Gasteiger partial charge in [0.1, 0.15) is 0 Å². The first-order valence-corrected chi connectivity index (χ1v) is 9.49. The van der Waals surface area contributed by atoms with Crippen LogP contribution in [-0.4, -0.2) is 80.5 Å². The Labute approximate surface area is 157 Å². The first-order chi connectivity index (χ1) is 12.5. The number of hydrogen-bond acceptors (Lipinski definition) is 4. The summed E-state index contributed by atoms with van der Waals surface area (Å²) in [4.78, 5) is 20.7. The monoisotopic (exact) mass is 368 g/mol. The lowest BCUT2D eigenvalue weighted by Gasteiger charge is -2.20. The molecule has 150 valence electrons. The number of rotatable bonds is 12. The second-order valence-electron chi connectivity index (χ2n) is 6.73. The third-order valence-corrected chi connectivity index (χ3v) is 4.53. The lowest BCUT2D eigenvalue weighted by Crippen LogP contribution is -2.41. The molecule has 0 aliphatic carbocycles. The van der Waals surface area contributed by atoms with Crippen LogP contribution >= 0.6 is 0 Å². The fraction of sp³-hybridized carbons (Fsp3) is 0.824. The summed E-state index contributed by atoms with van der Waals surface area (Å²) in [5.74, 6) is 0.930. The lowest BCUT2D eigenvalue weighted by molar-refractivity contribution is -0.122. The third-order valence-electron chi connectivity index (χ3n) is 4.53. The number of unbranched alkanes of at least 4 members (excludes halogenated alkanes) is 3. The van der Waals surface area contributed by atoms with Crippen LogP contribution in [0.4, 0.5) is 0 Å². The van der Waals surface area contributed by atoms with Crippen LogP contribution in [-0.2, 0) is 4.79 Å². The quantitative estimate of drug-likeness (QED) is 0.179. The summed E-state index contributed by atoms with van der Waals surface area (Å²) in [5.41, 5.74) is 11.0. The van der Waals surface area contributed by atoms with E-state index in [-0.39, 0.29) is 11.9 Å². The molecule has 1 atom stereocenters. The lowest BCUT2D eigenvalue weighted by atomic mass is 10.1. The van der Waals surface area contributed by atoms with Gasteiger partial charge in [0.15, 0.2) is 11.9 Å². The Morgan fingerprint density at radius 3 is 2.58 bits per heavy atom. The molecule has 7 N–H and O–H groups in total. The molecule has 26 heavy (non-hydrogen) atoms. The van der Waals surface area contributed by atoms with Gasteiger partial charge in [-0.2, -0.15) is 0 Å². The number of nitrogens with zero attached hydrogens (tertiary/aromatic N) is 3. The molecule has 0 bridgehead atoms. The van der Waals surface area contributed by atoms with Crippen molar-refractivity contribution in [1.82, 2.24) is 20.4 Å². The summed E-state index contributed by atoms with van der Waals surface area (Å²) < 4.78 is 0. The summed E-state index contributed by atoms with van der Waals surface area (Å²) in [6, 6.07) is -0.498. The number of carbonyl (C=O) groups is 1. The van der Waals surface area contributed by atoms with Crippen molar-refractivity contribution >= 4 is 17.8 Å². The standard InChI is InChI=1S/C17H36N8O/c1-21-17-24(2)12-13-25(17)11-6-4-3-5-9-22-15(26)14(18)8-7-10-23-16(19)20/h14H,3-13,18H2,1-2H3,(H,22,26)(H4,19,20,23). The van der Waals surface area contributed by atoms with Crippen molar-refractivity contribution in [3.8, 4) is 0 Å². The first kappa shape index (κ1) is 22.0. The number of aliphatic imine (C=N–C) groups is 1. The van der Waals surface area contributed by atoms with E-state index in [1.807, 2.05) is 7.05 Å². The van der Waals surface area contributed by atoms with E-state index in [0.29, 0.717) is 25.9 Å². The van der Waals surface area contributed by atoms with Gasteiger partial charge in [-0.05, 0) is 25.7 Å². The highest BCUT2D eigenvalue weighted by molar-refractivity contribution is 5.81. The van der Waals surface area contributed by atoms with Crippen LogP contribution in [0.15, 0.2) is 4.99 Å². The van der Waals surface area contributed by atoms with Gasteiger partial charge in [-0.3, -0.25) is 15.2 Å². The fourth-order valence-corrected chi connectivity index (χ4v) is 3.04. The Balaban J connectivity index is 1.99. The van der Waals surface area contributed by atoms with Crippen LogP contribution in [0, 0.1) is 5.41 Å². The molecule has 1 unspecified atom stereocenters. The predicted octanol–water partition coefficient (Wildman–Crippen LogP) is -0.513. The Bertz CT molecular complexity index is 468. The summed E-state index contributed by atoms with van der Waals surface area (Å²) in [6.45, 7) is 4.38. The highest BCUT2D eigenvalue weighted by Crippen LogP contribution is 2.09. The molecule has 0 aromatic carbocycles. The zero-order chi connectivity index (χ0) is 19.4. The average Bonchev–Trinajstić information content (AvgIpc) is 2.96. The molecule has 1 rings (SSSR count). The molecule has 1 amide bonds. The molecular formula is C17H36N8O. The zero-order valence-corrected chi connectivity index (χ0v) is 16.3. The maximum absolute atomic E-state index is 11.9. The third kappa shape index (κ3) is 8.37. The van der Waals surface area contributed by atoms with Gasteiger partial charge in [-0.15, -0.1) is 0 Å². The van der Waals surface area contributed by atoms with Gasteiger partial charge in [-0.25, -0.2) is 0 Å². The molecule has 1 aliphatic rings. The van der Waals surface area contributed by atoms with Gasteiger partial charge < -0.3 is 31.9 Å². The SMILES string of the molecule is CN=C1N(C)CCN1CCCCCCNC(=O)C(N)CCCNC(=N)N. The van der Waals surface area contributed by atoms with Gasteiger partial charge in [0.2, 0.25) is 5.91 Å². The summed E-state index contributed by atoms with van der Waals surface area (Å²) >= 11 is 0. The number of amides is 1. The van der Waals surface area contributed by atoms with E-state index in [9.17, 15) is 4.79 Å². The molecule has 1 heterocycles. The highest BCUT2D eigenvalue weighted by atomic mass is 16.2. The van der Waals surface area contributed by atoms with Crippen molar-refractivity contribution in [2.45, 2.75) is 44.6 Å². The van der Waals surface area contributed by atoms with E-state index in [4.69, 9.17) is 16.9 Å². The minimum Gasteiger partial charge on any atom is -0.370 e. The molecule has 1 saturated heterocycles. The molecule has 0 spiro atoms. The summed E-state index contributed by atoms with van der Waals surface area (Å²) in [5, 5.41) is 12.6. The van der Waals surface area contributed by atoms with E-state index in [1.54, 1.807) is 0 Å². The molecule has 0 saturated carbocycles. The number of guanidine groups is 2. The summed E-state index contributed by atoms with van der Waals surface area (Å²) in [7, 11) is 3.92. The van der Waals surface area contributed by atoms with Crippen LogP contribution in [0.25, 0.3) is 0 Å². The second-order valence-corrected chi connectivity index (χ2v) is 6.73. The molecule has 0 radical (unpaired) electrons. The van der Waals surface area contributed by atoms with E-state index in [1.165, 1.54) is 0 Å². The molecule has 9 heteroatoms. The molecular weight excluding hydrogens is 332 g/mol. The normalized spacial score (nSPS) is 16.8. The Hall–Kier alpha value is -2.03. The smallest absolute Gasteiger partial charge is 0.236 e. The molecule has 0 aromatic rings. The first-order valence-electron chi connectivity index (χ1n) is 9.49. The van der Waals surface area contributed by atoms with E-state index in [2.05, 4.69) is 32.5 Å². The number of hydrogen-bond donors (Lipinski definition) is 5. The summed E-state index contributed by atoms with van der Waals surface area (Å²) in [6.07, 6.45) is 5.65. The van der Waals surface area contributed by atoms with Gasteiger partial charge in [0, 0.05) is 46.8 Å². The van der Waals surface area contributed by atoms with Crippen molar-refractivity contribution in [2.75, 3.05) is 46.8 Å². The maximum Gasteiger partial charge on any atom is 0.236 e. The molecule has 1 aliphatic heterocycles. The van der Waals surface area contributed by atoms with Crippen LogP contribution < -0.4 is 22.1 Å². The largest absolute Gasteiger partial charge is 0.370 e. The Morgan fingerprint density at radius 1 is 1.19 bits per heavy atom. The number of nitrogens with two attached hydrogens (primary N) is 2. The number of likely N-dealkylation sites (N-methyl/N-ethyl adjacent to an activating group) is 1. The van der Waals surface area contributed by atoms with E-state index in [0.717, 1.165) is 51.3 Å². The van der Waals surface area contributed by atoms with Crippen molar-refractivity contribution in [1.29, 1.82) is 5.41 Å². The number of nitrogens with one attached hydrogen (secondary N) is 3. The van der Waals surface area contributed by atoms with Crippen LogP contribution in [0.2, 0.25) is 0 Å². The van der Waals surface area contributed by atoms with Gasteiger partial charge in [0.25, 0.3) is 0 Å². The van der Waals surface area contributed by atoms with E-state index < -0.39 is 6.04 Å².